The number of carbonyl (C=O) groups is 1. The van der Waals surface area contributed by atoms with E-state index in [1.807, 2.05) is 6.07 Å². The van der Waals surface area contributed by atoms with E-state index in [1.54, 1.807) is 6.07 Å². The van der Waals surface area contributed by atoms with Gasteiger partial charge in [-0.3, -0.25) is 0 Å². The molecular weight excluding hydrogens is 228 g/mol. The van der Waals surface area contributed by atoms with Crippen molar-refractivity contribution < 1.29 is 9.53 Å². The molecule has 4 heteroatoms. The SMILES string of the molecule is COC(=O)c1ccc(CNC(C)C2CCCC2)[nH]1. The number of hydrogen-bond acceptors (Lipinski definition) is 3. The molecule has 1 aromatic heterocycles. The van der Waals surface area contributed by atoms with E-state index in [0.717, 1.165) is 18.2 Å². The molecule has 1 heterocycles. The maximum Gasteiger partial charge on any atom is 0.354 e. The predicted molar refractivity (Wildman–Crippen MR) is 70.4 cm³/mol. The Morgan fingerprint density at radius 1 is 1.50 bits per heavy atom. The lowest BCUT2D eigenvalue weighted by atomic mass is 10.00. The van der Waals surface area contributed by atoms with Gasteiger partial charge in [-0.2, -0.15) is 0 Å². The molecule has 0 radical (unpaired) electrons. The molecule has 2 rings (SSSR count). The molecule has 0 amide bonds. The number of aromatic nitrogens is 1. The molecule has 4 nitrogen and oxygen atoms in total. The highest BCUT2D eigenvalue weighted by molar-refractivity contribution is 5.87. The van der Waals surface area contributed by atoms with E-state index >= 15 is 0 Å². The molecule has 100 valence electrons. The molecule has 1 saturated carbocycles. The van der Waals surface area contributed by atoms with Crippen LogP contribution in [0.3, 0.4) is 0 Å². The summed E-state index contributed by atoms with van der Waals surface area (Å²) in [5.41, 5.74) is 1.54. The van der Waals surface area contributed by atoms with E-state index in [-0.39, 0.29) is 5.97 Å². The van der Waals surface area contributed by atoms with Crippen molar-refractivity contribution in [1.29, 1.82) is 0 Å². The van der Waals surface area contributed by atoms with E-state index < -0.39 is 0 Å². The van der Waals surface area contributed by atoms with Crippen LogP contribution in [0.25, 0.3) is 0 Å². The normalized spacial score (nSPS) is 17.9. The minimum absolute atomic E-state index is 0.315. The molecule has 1 aliphatic rings. The first kappa shape index (κ1) is 13.1. The number of H-pyrrole nitrogens is 1. The number of hydrogen-bond donors (Lipinski definition) is 2. The number of nitrogens with one attached hydrogen (secondary N) is 2. The number of methoxy groups -OCH3 is 1. The van der Waals surface area contributed by atoms with Crippen LogP contribution in [0.1, 0.15) is 48.8 Å². The molecule has 0 bridgehead atoms. The topological polar surface area (TPSA) is 54.1 Å². The first-order valence-corrected chi connectivity index (χ1v) is 6.70. The molecule has 1 fully saturated rings. The molecule has 2 N–H and O–H groups in total. The van der Waals surface area contributed by atoms with E-state index in [4.69, 9.17) is 0 Å². The minimum atomic E-state index is -0.315. The lowest BCUT2D eigenvalue weighted by Crippen LogP contribution is -2.31. The van der Waals surface area contributed by atoms with Crippen molar-refractivity contribution in [2.45, 2.75) is 45.2 Å². The Labute approximate surface area is 108 Å². The summed E-state index contributed by atoms with van der Waals surface area (Å²) in [7, 11) is 1.39. The zero-order valence-electron chi connectivity index (χ0n) is 11.2. The summed E-state index contributed by atoms with van der Waals surface area (Å²) in [6.07, 6.45) is 5.41. The molecule has 0 saturated heterocycles. The summed E-state index contributed by atoms with van der Waals surface area (Å²) in [6, 6.07) is 4.24. The van der Waals surface area contributed by atoms with Gasteiger partial charge in [0.15, 0.2) is 0 Å². The Morgan fingerprint density at radius 2 is 2.22 bits per heavy atom. The molecule has 1 aliphatic carbocycles. The first-order valence-electron chi connectivity index (χ1n) is 6.70. The van der Waals surface area contributed by atoms with Crippen molar-refractivity contribution in [2.75, 3.05) is 7.11 Å². The maximum absolute atomic E-state index is 11.3. The second-order valence-electron chi connectivity index (χ2n) is 5.10. The van der Waals surface area contributed by atoms with Gasteiger partial charge < -0.3 is 15.0 Å². The van der Waals surface area contributed by atoms with Crippen LogP contribution >= 0.6 is 0 Å². The number of rotatable bonds is 5. The zero-order chi connectivity index (χ0) is 13.0. The summed E-state index contributed by atoms with van der Waals surface area (Å²) in [4.78, 5) is 14.4. The molecular formula is C14H22N2O2. The quantitative estimate of drug-likeness (QED) is 0.789. The predicted octanol–water partition coefficient (Wildman–Crippen LogP) is 2.47. The van der Waals surface area contributed by atoms with Gasteiger partial charge in [0.25, 0.3) is 0 Å². The average molecular weight is 250 g/mol. The molecule has 0 spiro atoms. The fourth-order valence-electron chi connectivity index (χ4n) is 2.67. The molecule has 1 unspecified atom stereocenters. The van der Waals surface area contributed by atoms with Gasteiger partial charge in [-0.15, -0.1) is 0 Å². The second-order valence-corrected chi connectivity index (χ2v) is 5.10. The molecule has 0 aromatic carbocycles. The van der Waals surface area contributed by atoms with E-state index in [0.29, 0.717) is 11.7 Å². The van der Waals surface area contributed by atoms with Crippen LogP contribution in [0.5, 0.6) is 0 Å². The Kier molecular flexibility index (Phi) is 4.42. The summed E-state index contributed by atoms with van der Waals surface area (Å²) in [6.45, 7) is 3.02. The number of esters is 1. The summed E-state index contributed by atoms with van der Waals surface area (Å²) >= 11 is 0. The van der Waals surface area contributed by atoms with Crippen molar-refractivity contribution in [3.8, 4) is 0 Å². The lowest BCUT2D eigenvalue weighted by Gasteiger charge is -2.19. The smallest absolute Gasteiger partial charge is 0.354 e. The van der Waals surface area contributed by atoms with Crippen LogP contribution in [0.4, 0.5) is 0 Å². The van der Waals surface area contributed by atoms with Crippen molar-refractivity contribution in [3.63, 3.8) is 0 Å². The molecule has 18 heavy (non-hydrogen) atoms. The fraction of sp³-hybridized carbons (Fsp3) is 0.643. The van der Waals surface area contributed by atoms with Gasteiger partial charge in [0, 0.05) is 18.3 Å². The fourth-order valence-corrected chi connectivity index (χ4v) is 2.67. The van der Waals surface area contributed by atoms with Gasteiger partial charge in [-0.25, -0.2) is 4.79 Å². The van der Waals surface area contributed by atoms with E-state index in [9.17, 15) is 4.79 Å². The van der Waals surface area contributed by atoms with Crippen LogP contribution in [-0.4, -0.2) is 24.1 Å². The highest BCUT2D eigenvalue weighted by Gasteiger charge is 2.21. The number of aromatic amines is 1. The molecule has 0 aliphatic heterocycles. The largest absolute Gasteiger partial charge is 0.464 e. The minimum Gasteiger partial charge on any atom is -0.464 e. The first-order chi connectivity index (χ1) is 8.70. The third-order valence-electron chi connectivity index (χ3n) is 3.87. The van der Waals surface area contributed by atoms with Crippen LogP contribution in [-0.2, 0) is 11.3 Å². The number of ether oxygens (including phenoxy) is 1. The summed E-state index contributed by atoms with van der Waals surface area (Å²) < 4.78 is 4.67. The average Bonchev–Trinajstić information content (AvgIpc) is 3.05. The lowest BCUT2D eigenvalue weighted by molar-refractivity contribution is 0.0594. The molecule has 1 atom stereocenters. The van der Waals surface area contributed by atoms with E-state index in [1.165, 1.54) is 32.8 Å². The summed E-state index contributed by atoms with van der Waals surface area (Å²) in [5, 5.41) is 3.53. The monoisotopic (exact) mass is 250 g/mol. The zero-order valence-corrected chi connectivity index (χ0v) is 11.2. The van der Waals surface area contributed by atoms with Gasteiger partial charge >= 0.3 is 5.97 Å². The Hall–Kier alpha value is -1.29. The van der Waals surface area contributed by atoms with Gasteiger partial charge in [0.1, 0.15) is 5.69 Å². The third-order valence-corrected chi connectivity index (χ3v) is 3.87. The van der Waals surface area contributed by atoms with Crippen LogP contribution in [0.15, 0.2) is 12.1 Å². The van der Waals surface area contributed by atoms with Crippen LogP contribution in [0, 0.1) is 5.92 Å². The van der Waals surface area contributed by atoms with Crippen LogP contribution in [0.2, 0.25) is 0 Å². The summed E-state index contributed by atoms with van der Waals surface area (Å²) in [5.74, 6) is 0.491. The Balaban J connectivity index is 1.82. The van der Waals surface area contributed by atoms with Gasteiger partial charge in [-0.05, 0) is 37.8 Å². The Morgan fingerprint density at radius 3 is 2.89 bits per heavy atom. The Bertz CT molecular complexity index is 394. The highest BCUT2D eigenvalue weighted by atomic mass is 16.5. The standard InChI is InChI=1S/C14H22N2O2/c1-10(11-5-3-4-6-11)15-9-12-7-8-13(16-12)14(17)18-2/h7-8,10-11,15-16H,3-6,9H2,1-2H3. The van der Waals surface area contributed by atoms with E-state index in [2.05, 4.69) is 22.0 Å². The maximum atomic E-state index is 11.3. The van der Waals surface area contributed by atoms with Crippen molar-refractivity contribution in [3.05, 3.63) is 23.5 Å². The second kappa shape index (κ2) is 6.05. The van der Waals surface area contributed by atoms with Crippen LogP contribution < -0.4 is 5.32 Å². The van der Waals surface area contributed by atoms with Crippen molar-refractivity contribution in [2.24, 2.45) is 5.92 Å². The van der Waals surface area contributed by atoms with Gasteiger partial charge in [0.05, 0.1) is 7.11 Å². The van der Waals surface area contributed by atoms with Crippen molar-refractivity contribution >= 4 is 5.97 Å². The number of carbonyl (C=O) groups excluding carboxylic acids is 1. The molecule has 1 aromatic rings. The van der Waals surface area contributed by atoms with Crippen molar-refractivity contribution in [1.82, 2.24) is 10.3 Å². The van der Waals surface area contributed by atoms with Gasteiger partial charge in [0.2, 0.25) is 0 Å². The highest BCUT2D eigenvalue weighted by Crippen LogP contribution is 2.27. The van der Waals surface area contributed by atoms with Gasteiger partial charge in [-0.1, -0.05) is 12.8 Å². The third kappa shape index (κ3) is 3.13.